The Balaban J connectivity index is 2.36. The molecule has 0 aliphatic heterocycles. The first-order valence-electron chi connectivity index (χ1n) is 9.24. The first kappa shape index (κ1) is 21.9. The van der Waals surface area contributed by atoms with E-state index in [0.717, 1.165) is 30.4 Å². The van der Waals surface area contributed by atoms with Gasteiger partial charge in [0.25, 0.3) is 0 Å². The lowest BCUT2D eigenvalue weighted by atomic mass is 10.0. The number of carbonyl (C=O) groups excluding carboxylic acids is 1. The quantitative estimate of drug-likeness (QED) is 0.672. The molecule has 0 saturated carbocycles. The molecule has 1 aromatic carbocycles. The summed E-state index contributed by atoms with van der Waals surface area (Å²) in [4.78, 5) is 50.1. The second-order valence-corrected chi connectivity index (χ2v) is 6.87. The van der Waals surface area contributed by atoms with E-state index in [1.54, 1.807) is 0 Å². The molecule has 1 atom stereocenters. The molecule has 0 unspecified atom stereocenters. The number of hydrogen-bond donors (Lipinski definition) is 1. The lowest BCUT2D eigenvalue weighted by Crippen LogP contribution is -2.55. The average molecular weight is 398 g/mol. The van der Waals surface area contributed by atoms with Gasteiger partial charge in [-0.1, -0.05) is 30.4 Å². The largest absolute Gasteiger partial charge is 0.348 e. The molecular weight excluding hydrogens is 372 g/mol. The summed E-state index contributed by atoms with van der Waals surface area (Å²) in [5.74, 6) is -0.510. The number of benzene rings is 1. The Labute approximate surface area is 168 Å². The Morgan fingerprint density at radius 3 is 1.97 bits per heavy atom. The van der Waals surface area contributed by atoms with Gasteiger partial charge in [0.2, 0.25) is 5.91 Å². The number of carbonyl (C=O) groups is 1. The van der Waals surface area contributed by atoms with Crippen LogP contribution in [0.3, 0.4) is 0 Å². The molecule has 0 saturated heterocycles. The van der Waals surface area contributed by atoms with Crippen LogP contribution in [0, 0.1) is 13.8 Å². The third-order valence-corrected chi connectivity index (χ3v) is 4.72. The summed E-state index contributed by atoms with van der Waals surface area (Å²) in [5, 5.41) is 2.79. The first-order valence-corrected chi connectivity index (χ1v) is 9.24. The van der Waals surface area contributed by atoms with Crippen LogP contribution in [-0.4, -0.2) is 19.6 Å². The highest BCUT2D eigenvalue weighted by Gasteiger charge is 2.18. The van der Waals surface area contributed by atoms with Crippen molar-refractivity contribution in [1.82, 2.24) is 19.0 Å². The lowest BCUT2D eigenvalue weighted by molar-refractivity contribution is -0.122. The molecule has 1 aromatic heterocycles. The Hall–Kier alpha value is -3.42. The molecule has 154 valence electrons. The number of nitrogens with one attached hydrogen (secondary N) is 1. The maximum atomic E-state index is 12.6. The third kappa shape index (κ3) is 4.71. The van der Waals surface area contributed by atoms with Crippen molar-refractivity contribution in [3.8, 4) is 0 Å². The molecular formula is C21H26N4O4. The van der Waals surface area contributed by atoms with Crippen molar-refractivity contribution in [1.29, 1.82) is 0 Å². The normalized spacial score (nSPS) is 11.7. The summed E-state index contributed by atoms with van der Waals surface area (Å²) in [6, 6.07) is 5.55. The van der Waals surface area contributed by atoms with Gasteiger partial charge in [0.15, 0.2) is 0 Å². The van der Waals surface area contributed by atoms with Crippen LogP contribution in [0.5, 0.6) is 0 Å². The van der Waals surface area contributed by atoms with Crippen molar-refractivity contribution >= 4 is 5.91 Å². The Kier molecular flexibility index (Phi) is 6.93. The third-order valence-electron chi connectivity index (χ3n) is 4.72. The summed E-state index contributed by atoms with van der Waals surface area (Å²) in [6.07, 6.45) is 2.75. The van der Waals surface area contributed by atoms with Gasteiger partial charge in [-0.05, 0) is 37.5 Å². The molecule has 1 heterocycles. The zero-order valence-corrected chi connectivity index (χ0v) is 17.0. The number of aryl methyl sites for hydroxylation is 2. The van der Waals surface area contributed by atoms with Gasteiger partial charge >= 0.3 is 17.1 Å². The molecule has 29 heavy (non-hydrogen) atoms. The van der Waals surface area contributed by atoms with E-state index in [4.69, 9.17) is 0 Å². The van der Waals surface area contributed by atoms with E-state index in [0.29, 0.717) is 0 Å². The Bertz CT molecular complexity index is 1070. The maximum Gasteiger partial charge on any atom is 0.337 e. The molecule has 1 amide bonds. The van der Waals surface area contributed by atoms with E-state index in [1.807, 2.05) is 39.0 Å². The van der Waals surface area contributed by atoms with Crippen LogP contribution >= 0.6 is 0 Å². The van der Waals surface area contributed by atoms with E-state index in [2.05, 4.69) is 18.5 Å². The average Bonchev–Trinajstić information content (AvgIpc) is 2.68. The minimum absolute atomic E-state index is 0.0737. The number of nitrogens with zero attached hydrogens (tertiary/aromatic N) is 3. The van der Waals surface area contributed by atoms with Crippen molar-refractivity contribution in [3.05, 3.63) is 91.7 Å². The number of amides is 1. The van der Waals surface area contributed by atoms with Crippen LogP contribution in [-0.2, 0) is 24.4 Å². The highest BCUT2D eigenvalue weighted by Crippen LogP contribution is 2.16. The molecule has 0 bridgehead atoms. The molecule has 0 aliphatic rings. The molecule has 0 fully saturated rings. The SMILES string of the molecule is C=CCn1c(=O)n(CC=C)c(=O)n(CC(=O)N[C@@H](C)c2ccc(C)c(C)c2)c1=O. The molecule has 2 aromatic rings. The van der Waals surface area contributed by atoms with Crippen LogP contribution in [0.2, 0.25) is 0 Å². The fraction of sp³-hybridized carbons (Fsp3) is 0.333. The zero-order valence-electron chi connectivity index (χ0n) is 17.0. The van der Waals surface area contributed by atoms with Crippen LogP contribution in [0.25, 0.3) is 0 Å². The monoisotopic (exact) mass is 398 g/mol. The molecule has 8 heteroatoms. The summed E-state index contributed by atoms with van der Waals surface area (Å²) < 4.78 is 2.47. The van der Waals surface area contributed by atoms with Gasteiger partial charge in [-0.3, -0.25) is 4.79 Å². The van der Waals surface area contributed by atoms with Gasteiger partial charge < -0.3 is 5.32 Å². The molecule has 0 spiro atoms. The van der Waals surface area contributed by atoms with Crippen molar-refractivity contribution in [2.75, 3.05) is 0 Å². The predicted molar refractivity (Wildman–Crippen MR) is 112 cm³/mol. The van der Waals surface area contributed by atoms with Crippen molar-refractivity contribution in [2.24, 2.45) is 0 Å². The summed E-state index contributed by atoms with van der Waals surface area (Å²) in [5.41, 5.74) is 0.688. The maximum absolute atomic E-state index is 12.6. The van der Waals surface area contributed by atoms with Crippen LogP contribution in [0.1, 0.15) is 29.7 Å². The van der Waals surface area contributed by atoms with Crippen molar-refractivity contribution in [2.45, 2.75) is 46.4 Å². The molecule has 0 radical (unpaired) electrons. The highest BCUT2D eigenvalue weighted by atomic mass is 16.2. The van der Waals surface area contributed by atoms with Gasteiger partial charge in [0.05, 0.1) is 19.1 Å². The lowest BCUT2D eigenvalue weighted by Gasteiger charge is -2.17. The van der Waals surface area contributed by atoms with Crippen LogP contribution < -0.4 is 22.4 Å². The Morgan fingerprint density at radius 1 is 0.966 bits per heavy atom. The summed E-state index contributed by atoms with van der Waals surface area (Å²) in [7, 11) is 0. The fourth-order valence-corrected chi connectivity index (χ4v) is 2.94. The predicted octanol–water partition coefficient (Wildman–Crippen LogP) is 1.04. The van der Waals surface area contributed by atoms with Gasteiger partial charge in [-0.15, -0.1) is 13.2 Å². The standard InChI is InChI=1S/C21H26N4O4/c1-6-10-23-19(27)24(11-7-2)21(29)25(20(23)28)13-18(26)22-16(5)17-9-8-14(3)15(4)12-17/h6-9,12,16H,1-2,10-11,13H2,3-5H3,(H,22,26)/t16-/m0/s1. The second-order valence-electron chi connectivity index (χ2n) is 6.87. The van der Waals surface area contributed by atoms with Gasteiger partial charge in [0, 0.05) is 0 Å². The number of allylic oxidation sites excluding steroid dienone is 2. The zero-order chi connectivity index (χ0) is 21.7. The van der Waals surface area contributed by atoms with Gasteiger partial charge in [-0.2, -0.15) is 0 Å². The summed E-state index contributed by atoms with van der Waals surface area (Å²) >= 11 is 0. The minimum atomic E-state index is -0.853. The second kappa shape index (κ2) is 9.18. The van der Waals surface area contributed by atoms with E-state index in [1.165, 1.54) is 12.2 Å². The van der Waals surface area contributed by atoms with E-state index in [9.17, 15) is 19.2 Å². The van der Waals surface area contributed by atoms with Gasteiger partial charge in [-0.25, -0.2) is 28.1 Å². The molecule has 0 aliphatic carbocycles. The number of hydrogen-bond acceptors (Lipinski definition) is 4. The first-order chi connectivity index (χ1) is 13.7. The highest BCUT2D eigenvalue weighted by molar-refractivity contribution is 5.76. The van der Waals surface area contributed by atoms with E-state index >= 15 is 0 Å². The smallest absolute Gasteiger partial charge is 0.337 e. The molecule has 2 rings (SSSR count). The molecule has 8 nitrogen and oxygen atoms in total. The van der Waals surface area contributed by atoms with Gasteiger partial charge in [0.1, 0.15) is 6.54 Å². The van der Waals surface area contributed by atoms with Crippen molar-refractivity contribution < 1.29 is 4.79 Å². The topological polar surface area (TPSA) is 95.1 Å². The number of aromatic nitrogens is 3. The van der Waals surface area contributed by atoms with Crippen LogP contribution in [0.4, 0.5) is 0 Å². The molecule has 1 N–H and O–H groups in total. The minimum Gasteiger partial charge on any atom is -0.348 e. The van der Waals surface area contributed by atoms with Crippen LogP contribution in [0.15, 0.2) is 57.9 Å². The summed E-state index contributed by atoms with van der Waals surface area (Å²) in [6.45, 7) is 12.2. The Morgan fingerprint density at radius 2 is 1.48 bits per heavy atom. The van der Waals surface area contributed by atoms with E-state index in [-0.39, 0.29) is 19.1 Å². The van der Waals surface area contributed by atoms with E-state index < -0.39 is 29.5 Å². The fourth-order valence-electron chi connectivity index (χ4n) is 2.94. The van der Waals surface area contributed by atoms with Crippen molar-refractivity contribution in [3.63, 3.8) is 0 Å². The number of rotatable bonds is 8.